The van der Waals surface area contributed by atoms with Gasteiger partial charge in [0.1, 0.15) is 17.4 Å². The summed E-state index contributed by atoms with van der Waals surface area (Å²) in [7, 11) is 1.52. The van der Waals surface area contributed by atoms with Crippen LogP contribution in [0.15, 0.2) is 59.8 Å². The third-order valence-electron chi connectivity index (χ3n) is 3.00. The van der Waals surface area contributed by atoms with Crippen molar-refractivity contribution in [3.8, 4) is 5.75 Å². The maximum atomic E-state index is 13.2. The number of hydrogen-bond acceptors (Lipinski definition) is 4. The highest BCUT2D eigenvalue weighted by Crippen LogP contribution is 2.16. The van der Waals surface area contributed by atoms with Crippen LogP contribution in [0.5, 0.6) is 5.75 Å². The molecule has 25 heavy (non-hydrogen) atoms. The molecule has 1 amide bonds. The molecular weight excluding hydrogens is 330 g/mol. The Morgan fingerprint density at radius 1 is 1.40 bits per heavy atom. The first-order valence-corrected chi connectivity index (χ1v) is 7.44. The number of halogens is 2. The molecule has 0 aromatic heterocycles. The van der Waals surface area contributed by atoms with Gasteiger partial charge in [0.2, 0.25) is 5.91 Å². The largest absolute Gasteiger partial charge is 0.508 e. The van der Waals surface area contributed by atoms with Gasteiger partial charge in [-0.15, -0.1) is 0 Å². The number of hydrogen-bond donors (Lipinski definition) is 2. The van der Waals surface area contributed by atoms with Crippen LogP contribution in [0.25, 0.3) is 0 Å². The number of rotatable bonds is 9. The molecule has 0 bridgehead atoms. The molecule has 1 aromatic rings. The Hall–Kier alpha value is -2.80. The molecule has 2 N–H and O–H groups in total. The van der Waals surface area contributed by atoms with Gasteiger partial charge < -0.3 is 9.84 Å². The zero-order valence-electron chi connectivity index (χ0n) is 13.8. The zero-order valence-corrected chi connectivity index (χ0v) is 13.8. The molecule has 0 fully saturated rings. The van der Waals surface area contributed by atoms with E-state index < -0.39 is 17.6 Å². The smallest absolute Gasteiger partial charge is 0.240 e. The first kappa shape index (κ1) is 20.2. The fourth-order valence-electron chi connectivity index (χ4n) is 1.82. The number of nitrogens with zero attached hydrogens (tertiary/aromatic N) is 1. The summed E-state index contributed by atoms with van der Waals surface area (Å²) >= 11 is 0. The molecule has 0 saturated carbocycles. The average molecular weight is 350 g/mol. The number of carbonyl (C=O) groups is 1. The molecule has 0 aliphatic rings. The van der Waals surface area contributed by atoms with Crippen LogP contribution in [-0.4, -0.2) is 24.3 Å². The lowest BCUT2D eigenvalue weighted by Crippen LogP contribution is -2.16. The Kier molecular flexibility index (Phi) is 8.81. The third kappa shape index (κ3) is 8.03. The number of phenolic OH excluding ortho intramolecular Hbond substituents is 1. The van der Waals surface area contributed by atoms with Gasteiger partial charge in [-0.1, -0.05) is 6.58 Å². The summed E-state index contributed by atoms with van der Waals surface area (Å²) < 4.78 is 31.0. The second-order valence-corrected chi connectivity index (χ2v) is 4.97. The SMILES string of the molecule is C=C/C(F)=C\C(F)=C/CCC(=O)N/N=C/c1ccc(O)cc1COC. The van der Waals surface area contributed by atoms with Crippen LogP contribution >= 0.6 is 0 Å². The van der Waals surface area contributed by atoms with E-state index in [4.69, 9.17) is 4.74 Å². The molecule has 0 heterocycles. The number of allylic oxidation sites excluding steroid dienone is 5. The van der Waals surface area contributed by atoms with Crippen LogP contribution in [0.2, 0.25) is 0 Å². The van der Waals surface area contributed by atoms with E-state index in [0.717, 1.165) is 12.2 Å². The van der Waals surface area contributed by atoms with Crippen LogP contribution in [0.3, 0.4) is 0 Å². The molecule has 0 saturated heterocycles. The van der Waals surface area contributed by atoms with Gasteiger partial charge in [0.25, 0.3) is 0 Å². The average Bonchev–Trinajstić information content (AvgIpc) is 2.57. The Morgan fingerprint density at radius 2 is 2.16 bits per heavy atom. The number of hydrazone groups is 1. The van der Waals surface area contributed by atoms with Crippen molar-refractivity contribution in [2.75, 3.05) is 7.11 Å². The van der Waals surface area contributed by atoms with Crippen LogP contribution in [0.1, 0.15) is 24.0 Å². The quantitative estimate of drug-likeness (QED) is 0.406. The molecule has 0 unspecified atom stereocenters. The first-order valence-electron chi connectivity index (χ1n) is 7.44. The van der Waals surface area contributed by atoms with Gasteiger partial charge in [0.15, 0.2) is 0 Å². The third-order valence-corrected chi connectivity index (χ3v) is 3.00. The van der Waals surface area contributed by atoms with E-state index in [1.807, 2.05) is 0 Å². The van der Waals surface area contributed by atoms with Crippen LogP contribution in [0, 0.1) is 0 Å². The van der Waals surface area contributed by atoms with Crippen molar-refractivity contribution in [2.45, 2.75) is 19.4 Å². The maximum Gasteiger partial charge on any atom is 0.240 e. The van der Waals surface area contributed by atoms with Crippen molar-refractivity contribution in [3.63, 3.8) is 0 Å². The standard InChI is InChI=1S/C18H20F2N2O3/c1-3-15(19)10-16(20)5-4-6-18(24)22-21-11-13-7-8-17(23)9-14(13)12-25-2/h3,5,7-11,23H,1,4,6,12H2,2H3,(H,22,24)/b15-10+,16-5+,21-11+. The molecule has 1 aromatic carbocycles. The highest BCUT2D eigenvalue weighted by molar-refractivity contribution is 5.84. The van der Waals surface area contributed by atoms with Crippen molar-refractivity contribution < 1.29 is 23.4 Å². The van der Waals surface area contributed by atoms with E-state index in [-0.39, 0.29) is 25.2 Å². The molecule has 0 radical (unpaired) electrons. The maximum absolute atomic E-state index is 13.2. The van der Waals surface area contributed by atoms with E-state index in [2.05, 4.69) is 17.1 Å². The van der Waals surface area contributed by atoms with Gasteiger partial charge in [-0.3, -0.25) is 4.79 Å². The molecule has 5 nitrogen and oxygen atoms in total. The van der Waals surface area contributed by atoms with E-state index in [1.165, 1.54) is 25.5 Å². The van der Waals surface area contributed by atoms with Gasteiger partial charge in [0, 0.05) is 25.2 Å². The van der Waals surface area contributed by atoms with Crippen molar-refractivity contribution in [3.05, 3.63) is 65.8 Å². The van der Waals surface area contributed by atoms with Crippen molar-refractivity contribution in [2.24, 2.45) is 5.10 Å². The summed E-state index contributed by atoms with van der Waals surface area (Å²) in [6.45, 7) is 3.44. The summed E-state index contributed by atoms with van der Waals surface area (Å²) in [4.78, 5) is 11.6. The van der Waals surface area contributed by atoms with Gasteiger partial charge in [-0.05, 0) is 42.3 Å². The van der Waals surface area contributed by atoms with Crippen molar-refractivity contribution in [1.82, 2.24) is 5.43 Å². The minimum absolute atomic E-state index is 0.00514. The summed E-state index contributed by atoms with van der Waals surface area (Å²) in [5.41, 5.74) is 3.70. The van der Waals surface area contributed by atoms with Crippen molar-refractivity contribution in [1.29, 1.82) is 0 Å². The minimum atomic E-state index is -0.788. The molecule has 7 heteroatoms. The lowest BCUT2D eigenvalue weighted by atomic mass is 10.1. The van der Waals surface area contributed by atoms with Gasteiger partial charge >= 0.3 is 0 Å². The number of aromatic hydroxyl groups is 1. The normalized spacial score (nSPS) is 12.4. The van der Waals surface area contributed by atoms with E-state index in [0.29, 0.717) is 17.2 Å². The monoisotopic (exact) mass is 350 g/mol. The molecule has 134 valence electrons. The molecule has 0 spiro atoms. The summed E-state index contributed by atoms with van der Waals surface area (Å²) in [5, 5.41) is 13.3. The lowest BCUT2D eigenvalue weighted by molar-refractivity contribution is -0.120. The van der Waals surface area contributed by atoms with Gasteiger partial charge in [-0.2, -0.15) is 5.10 Å². The highest BCUT2D eigenvalue weighted by Gasteiger charge is 2.03. The van der Waals surface area contributed by atoms with Crippen LogP contribution in [0.4, 0.5) is 8.78 Å². The van der Waals surface area contributed by atoms with Crippen LogP contribution in [-0.2, 0) is 16.1 Å². The minimum Gasteiger partial charge on any atom is -0.508 e. The number of carbonyl (C=O) groups excluding carboxylic acids is 1. The summed E-state index contributed by atoms with van der Waals surface area (Å²) in [6, 6.07) is 4.67. The topological polar surface area (TPSA) is 70.9 Å². The van der Waals surface area contributed by atoms with E-state index >= 15 is 0 Å². The number of amides is 1. The molecule has 0 aliphatic carbocycles. The Bertz CT molecular complexity index is 698. The number of ether oxygens (including phenoxy) is 1. The van der Waals surface area contributed by atoms with E-state index in [9.17, 15) is 18.7 Å². The highest BCUT2D eigenvalue weighted by atomic mass is 19.1. The Morgan fingerprint density at radius 3 is 2.84 bits per heavy atom. The second-order valence-electron chi connectivity index (χ2n) is 4.97. The fourth-order valence-corrected chi connectivity index (χ4v) is 1.82. The molecular formula is C18H20F2N2O3. The van der Waals surface area contributed by atoms with Crippen LogP contribution < -0.4 is 5.43 Å². The lowest BCUT2D eigenvalue weighted by Gasteiger charge is -2.05. The molecule has 0 aliphatic heterocycles. The van der Waals surface area contributed by atoms with Crippen molar-refractivity contribution >= 4 is 12.1 Å². The predicted octanol–water partition coefficient (Wildman–Crippen LogP) is 3.66. The number of nitrogens with one attached hydrogen (secondary N) is 1. The Balaban J connectivity index is 2.53. The Labute approximate surface area is 145 Å². The van der Waals surface area contributed by atoms with Gasteiger partial charge in [-0.25, -0.2) is 14.2 Å². The number of benzene rings is 1. The first-order chi connectivity index (χ1) is 12.0. The summed E-state index contributed by atoms with van der Waals surface area (Å²) in [6.07, 6.45) is 4.19. The second kappa shape index (κ2) is 10.9. The fraction of sp³-hybridized carbons (Fsp3) is 0.222. The predicted molar refractivity (Wildman–Crippen MR) is 92.4 cm³/mol. The number of phenols is 1. The van der Waals surface area contributed by atoms with Gasteiger partial charge in [0.05, 0.1) is 12.8 Å². The summed E-state index contributed by atoms with van der Waals surface area (Å²) in [5.74, 6) is -1.88. The molecule has 1 rings (SSSR count). The molecule has 0 atom stereocenters. The van der Waals surface area contributed by atoms with E-state index in [1.54, 1.807) is 6.07 Å². The number of methoxy groups -OCH3 is 1. The zero-order chi connectivity index (χ0) is 18.7.